The van der Waals surface area contributed by atoms with Crippen LogP contribution >= 0.6 is 22.9 Å². The van der Waals surface area contributed by atoms with E-state index in [0.717, 1.165) is 11.3 Å². The summed E-state index contributed by atoms with van der Waals surface area (Å²) in [7, 11) is 0. The van der Waals surface area contributed by atoms with Crippen LogP contribution in [0.25, 0.3) is 22.0 Å². The zero-order valence-corrected chi connectivity index (χ0v) is 15.8. The molecule has 0 radical (unpaired) electrons. The zero-order chi connectivity index (χ0) is 18.8. The number of nitrogens with two attached hydrogens (primary N) is 1. The van der Waals surface area contributed by atoms with E-state index in [4.69, 9.17) is 22.1 Å². The van der Waals surface area contributed by atoms with Gasteiger partial charge in [0, 0.05) is 35.3 Å². The molecule has 2 N–H and O–H groups in total. The number of hydrogen-bond acceptors (Lipinski definition) is 7. The number of carbonyl (C=O) groups excluding carboxylic acids is 1. The largest absolute Gasteiger partial charge is 0.378 e. The highest BCUT2D eigenvalue weighted by molar-refractivity contribution is 7.13. The number of hydrogen-bond donors (Lipinski definition) is 1. The fraction of sp³-hybridized carbons (Fsp3) is 0.222. The normalized spacial score (nSPS) is 14.3. The molecule has 1 aliphatic heterocycles. The summed E-state index contributed by atoms with van der Waals surface area (Å²) in [5, 5.41) is 3.09. The molecule has 7 nitrogen and oxygen atoms in total. The minimum absolute atomic E-state index is 0.243. The van der Waals surface area contributed by atoms with E-state index in [2.05, 4.69) is 15.0 Å². The maximum absolute atomic E-state index is 11.9. The van der Waals surface area contributed by atoms with Crippen LogP contribution in [0.3, 0.4) is 0 Å². The first-order chi connectivity index (χ1) is 13.1. The van der Waals surface area contributed by atoms with E-state index in [-0.39, 0.29) is 5.56 Å². The second-order valence-electron chi connectivity index (χ2n) is 5.91. The lowest BCUT2D eigenvalue weighted by Crippen LogP contribution is -2.37. The van der Waals surface area contributed by atoms with Crippen molar-refractivity contribution >= 4 is 34.8 Å². The van der Waals surface area contributed by atoms with Gasteiger partial charge in [0.25, 0.3) is 5.91 Å². The number of nitrogens with zero attached hydrogens (tertiary/aromatic N) is 4. The minimum atomic E-state index is -0.590. The third-order valence-corrected chi connectivity index (χ3v) is 5.37. The molecule has 0 saturated carbocycles. The molecule has 2 aromatic heterocycles. The van der Waals surface area contributed by atoms with Crippen molar-refractivity contribution in [2.45, 2.75) is 0 Å². The fourth-order valence-corrected chi connectivity index (χ4v) is 3.86. The van der Waals surface area contributed by atoms with Gasteiger partial charge in [0.2, 0.25) is 5.95 Å². The van der Waals surface area contributed by atoms with Crippen LogP contribution in [0.2, 0.25) is 5.02 Å². The first-order valence-corrected chi connectivity index (χ1v) is 9.59. The van der Waals surface area contributed by atoms with Crippen LogP contribution < -0.4 is 10.6 Å². The molecule has 1 saturated heterocycles. The SMILES string of the molecule is NC(=O)c1cnc(N2CCOCC2)nc1-c1nc(-c2ccccc2Cl)cs1. The quantitative estimate of drug-likeness (QED) is 0.722. The highest BCUT2D eigenvalue weighted by Gasteiger charge is 2.21. The van der Waals surface area contributed by atoms with E-state index in [1.54, 1.807) is 0 Å². The van der Waals surface area contributed by atoms with Crippen molar-refractivity contribution in [3.8, 4) is 22.0 Å². The van der Waals surface area contributed by atoms with Crippen LogP contribution in [-0.2, 0) is 4.74 Å². The molecule has 138 valence electrons. The molecule has 1 aromatic carbocycles. The fourth-order valence-electron chi connectivity index (χ4n) is 2.81. The van der Waals surface area contributed by atoms with Crippen LogP contribution in [0.1, 0.15) is 10.4 Å². The summed E-state index contributed by atoms with van der Waals surface area (Å²) in [5.41, 5.74) is 7.75. The number of primary amides is 1. The first-order valence-electron chi connectivity index (χ1n) is 8.34. The molecular formula is C18H16ClN5O2S. The minimum Gasteiger partial charge on any atom is -0.378 e. The Balaban J connectivity index is 1.75. The lowest BCUT2D eigenvalue weighted by atomic mass is 10.2. The second kappa shape index (κ2) is 7.59. The lowest BCUT2D eigenvalue weighted by Gasteiger charge is -2.27. The number of thiazole rings is 1. The van der Waals surface area contributed by atoms with Crippen LogP contribution in [0.15, 0.2) is 35.8 Å². The molecule has 9 heteroatoms. The summed E-state index contributed by atoms with van der Waals surface area (Å²) >= 11 is 7.65. The van der Waals surface area contributed by atoms with Gasteiger partial charge in [0.1, 0.15) is 10.7 Å². The Hall–Kier alpha value is -2.55. The maximum Gasteiger partial charge on any atom is 0.252 e. The molecule has 3 aromatic rings. The van der Waals surface area contributed by atoms with Crippen LogP contribution in [0.4, 0.5) is 5.95 Å². The number of rotatable bonds is 4. The Bertz CT molecular complexity index is 987. The molecule has 27 heavy (non-hydrogen) atoms. The number of morpholine rings is 1. The maximum atomic E-state index is 11.9. The van der Waals surface area contributed by atoms with Crippen LogP contribution in [0, 0.1) is 0 Å². The third kappa shape index (κ3) is 3.64. The molecule has 0 atom stereocenters. The lowest BCUT2D eigenvalue weighted by molar-refractivity contribution is 0.1000. The Kier molecular flexibility index (Phi) is 5.02. The predicted octanol–water partition coefficient (Wildman–Crippen LogP) is 2.86. The number of benzene rings is 1. The highest BCUT2D eigenvalue weighted by Crippen LogP contribution is 2.33. The molecule has 0 unspecified atom stereocenters. The van der Waals surface area contributed by atoms with E-state index < -0.39 is 5.91 Å². The average Bonchev–Trinajstić information content (AvgIpc) is 3.18. The highest BCUT2D eigenvalue weighted by atomic mass is 35.5. The van der Waals surface area contributed by atoms with Crippen molar-refractivity contribution in [3.05, 3.63) is 46.4 Å². The van der Waals surface area contributed by atoms with E-state index in [9.17, 15) is 4.79 Å². The van der Waals surface area contributed by atoms with Gasteiger partial charge in [-0.15, -0.1) is 11.3 Å². The summed E-state index contributed by atoms with van der Waals surface area (Å²) in [4.78, 5) is 27.4. The number of aromatic nitrogens is 3. The molecular weight excluding hydrogens is 386 g/mol. The van der Waals surface area contributed by atoms with Gasteiger partial charge in [0.05, 0.1) is 24.5 Å². The van der Waals surface area contributed by atoms with Crippen LogP contribution in [-0.4, -0.2) is 47.2 Å². The van der Waals surface area contributed by atoms with E-state index in [1.165, 1.54) is 17.5 Å². The van der Waals surface area contributed by atoms with Gasteiger partial charge in [-0.3, -0.25) is 4.79 Å². The molecule has 1 amide bonds. The molecule has 4 rings (SSSR count). The van der Waals surface area contributed by atoms with Gasteiger partial charge in [-0.25, -0.2) is 15.0 Å². The number of anilines is 1. The van der Waals surface area contributed by atoms with Crippen LogP contribution in [0.5, 0.6) is 0 Å². The number of halogens is 1. The second-order valence-corrected chi connectivity index (χ2v) is 7.18. The summed E-state index contributed by atoms with van der Waals surface area (Å²) in [6.45, 7) is 2.62. The molecule has 1 aliphatic rings. The van der Waals surface area contributed by atoms with Gasteiger partial charge >= 0.3 is 0 Å². The van der Waals surface area contributed by atoms with E-state index in [0.29, 0.717) is 48.0 Å². The van der Waals surface area contributed by atoms with Crippen molar-refractivity contribution < 1.29 is 9.53 Å². The molecule has 1 fully saturated rings. The Morgan fingerprint density at radius 1 is 1.22 bits per heavy atom. The number of amides is 1. The van der Waals surface area contributed by atoms with E-state index >= 15 is 0 Å². The Labute approximate surface area is 164 Å². The third-order valence-electron chi connectivity index (χ3n) is 4.19. The average molecular weight is 402 g/mol. The monoisotopic (exact) mass is 401 g/mol. The standard InChI is InChI=1S/C18H16ClN5O2S/c19-13-4-2-1-3-11(13)14-10-27-17(22-14)15-12(16(20)25)9-21-18(23-15)24-5-7-26-8-6-24/h1-4,9-10H,5-8H2,(H2,20,25). The summed E-state index contributed by atoms with van der Waals surface area (Å²) in [5.74, 6) is -0.0548. The Morgan fingerprint density at radius 2 is 2.00 bits per heavy atom. The van der Waals surface area contributed by atoms with E-state index in [1.807, 2.05) is 34.5 Å². The molecule has 0 aliphatic carbocycles. The van der Waals surface area contributed by atoms with Gasteiger partial charge in [-0.1, -0.05) is 29.8 Å². The Morgan fingerprint density at radius 3 is 2.74 bits per heavy atom. The summed E-state index contributed by atoms with van der Waals surface area (Å²) < 4.78 is 5.37. The zero-order valence-electron chi connectivity index (χ0n) is 14.3. The first kappa shape index (κ1) is 17.8. The summed E-state index contributed by atoms with van der Waals surface area (Å²) in [6, 6.07) is 7.47. The molecule has 3 heterocycles. The van der Waals surface area contributed by atoms with Crippen molar-refractivity contribution in [2.75, 3.05) is 31.2 Å². The number of ether oxygens (including phenoxy) is 1. The predicted molar refractivity (Wildman–Crippen MR) is 105 cm³/mol. The smallest absolute Gasteiger partial charge is 0.252 e. The van der Waals surface area contributed by atoms with Crippen molar-refractivity contribution in [1.29, 1.82) is 0 Å². The van der Waals surface area contributed by atoms with Crippen molar-refractivity contribution in [2.24, 2.45) is 5.73 Å². The molecule has 0 bridgehead atoms. The van der Waals surface area contributed by atoms with Crippen molar-refractivity contribution in [3.63, 3.8) is 0 Å². The summed E-state index contributed by atoms with van der Waals surface area (Å²) in [6.07, 6.45) is 1.46. The van der Waals surface area contributed by atoms with Gasteiger partial charge in [-0.2, -0.15) is 0 Å². The van der Waals surface area contributed by atoms with Gasteiger partial charge in [-0.05, 0) is 6.07 Å². The van der Waals surface area contributed by atoms with Gasteiger partial charge in [0.15, 0.2) is 0 Å². The van der Waals surface area contributed by atoms with Gasteiger partial charge < -0.3 is 15.4 Å². The van der Waals surface area contributed by atoms with Crippen molar-refractivity contribution in [1.82, 2.24) is 15.0 Å². The topological polar surface area (TPSA) is 94.2 Å². The molecule has 0 spiro atoms. The number of carbonyl (C=O) groups is 1.